The Morgan fingerprint density at radius 3 is 2.50 bits per heavy atom. The summed E-state index contributed by atoms with van der Waals surface area (Å²) >= 11 is 12.6. The molecule has 0 aliphatic carbocycles. The third kappa shape index (κ3) is 7.38. The maximum absolute atomic E-state index is 6.31. The highest BCUT2D eigenvalue weighted by Crippen LogP contribution is 2.35. The number of nitrogens with two attached hydrogens (primary N) is 1. The van der Waals surface area contributed by atoms with E-state index in [4.69, 9.17) is 33.7 Å². The maximum Gasteiger partial charge on any atom is 0.188 e. The van der Waals surface area contributed by atoms with Crippen LogP contribution in [0.1, 0.15) is 25.8 Å². The Kier molecular flexibility index (Phi) is 10.5. The first-order valence-electron chi connectivity index (χ1n) is 8.68. The van der Waals surface area contributed by atoms with E-state index in [9.17, 15) is 0 Å². The Bertz CT molecular complexity index is 572. The van der Waals surface area contributed by atoms with Crippen molar-refractivity contribution in [1.29, 1.82) is 0 Å². The molecule has 26 heavy (non-hydrogen) atoms. The second kappa shape index (κ2) is 11.5. The second-order valence-corrected chi connectivity index (χ2v) is 7.73. The van der Waals surface area contributed by atoms with Gasteiger partial charge in [0.15, 0.2) is 5.96 Å². The summed E-state index contributed by atoms with van der Waals surface area (Å²) in [6.45, 7) is 10.2. The molecule has 2 rings (SSSR count). The molecule has 5 nitrogen and oxygen atoms in total. The van der Waals surface area contributed by atoms with Gasteiger partial charge in [0.1, 0.15) is 0 Å². The molecule has 1 aliphatic heterocycles. The summed E-state index contributed by atoms with van der Waals surface area (Å²) in [5.74, 6) is 0.457. The van der Waals surface area contributed by atoms with Crippen LogP contribution in [0, 0.1) is 0 Å². The highest BCUT2D eigenvalue weighted by Gasteiger charge is 2.25. The molecule has 0 radical (unpaired) electrons. The van der Waals surface area contributed by atoms with Crippen LogP contribution in [0.15, 0.2) is 23.2 Å². The summed E-state index contributed by atoms with van der Waals surface area (Å²) in [4.78, 5) is 6.87. The number of hydrogen-bond acceptors (Lipinski definition) is 3. The van der Waals surface area contributed by atoms with Crippen molar-refractivity contribution in [3.05, 3.63) is 33.8 Å². The lowest BCUT2D eigenvalue weighted by Crippen LogP contribution is -2.39. The Morgan fingerprint density at radius 2 is 1.88 bits per heavy atom. The van der Waals surface area contributed by atoms with Gasteiger partial charge in [-0.3, -0.25) is 9.89 Å². The van der Waals surface area contributed by atoms with Gasteiger partial charge in [0.2, 0.25) is 0 Å². The van der Waals surface area contributed by atoms with Gasteiger partial charge in [0.05, 0.1) is 19.8 Å². The third-order valence-corrected chi connectivity index (χ3v) is 4.98. The van der Waals surface area contributed by atoms with E-state index in [2.05, 4.69) is 29.1 Å². The fourth-order valence-electron chi connectivity index (χ4n) is 2.91. The van der Waals surface area contributed by atoms with Crippen molar-refractivity contribution in [2.24, 2.45) is 10.7 Å². The van der Waals surface area contributed by atoms with Gasteiger partial charge in [-0.2, -0.15) is 0 Å². The Morgan fingerprint density at radius 1 is 1.27 bits per heavy atom. The lowest BCUT2D eigenvalue weighted by Gasteiger charge is -2.26. The highest BCUT2D eigenvalue weighted by atomic mass is 127. The second-order valence-electron chi connectivity index (χ2n) is 6.92. The van der Waals surface area contributed by atoms with Gasteiger partial charge < -0.3 is 15.8 Å². The van der Waals surface area contributed by atoms with Crippen molar-refractivity contribution < 1.29 is 4.74 Å². The number of aliphatic imine (C=N–C) groups is 1. The molecule has 0 saturated carbocycles. The molecular formula is C18H29Cl2IN4O. The lowest BCUT2D eigenvalue weighted by atomic mass is 9.84. The zero-order valence-corrected chi connectivity index (χ0v) is 19.3. The van der Waals surface area contributed by atoms with Crippen LogP contribution < -0.4 is 11.1 Å². The first-order chi connectivity index (χ1) is 11.9. The van der Waals surface area contributed by atoms with Gasteiger partial charge in [0, 0.05) is 35.1 Å². The van der Waals surface area contributed by atoms with Crippen LogP contribution in [0.5, 0.6) is 0 Å². The topological polar surface area (TPSA) is 62.9 Å². The highest BCUT2D eigenvalue weighted by molar-refractivity contribution is 14.0. The number of benzene rings is 1. The van der Waals surface area contributed by atoms with E-state index in [-0.39, 0.29) is 29.4 Å². The standard InChI is InChI=1S/C18H28Cl2N4O.HI/c1-18(2,16-14(19)5-3-6-15(16)20)13-23-17(21)22-7-4-8-24-9-11-25-12-10-24;/h3,5-6H,4,7-13H2,1-2H3,(H3,21,22,23);1H. The molecule has 0 bridgehead atoms. The first-order valence-corrected chi connectivity index (χ1v) is 9.44. The van der Waals surface area contributed by atoms with Crippen LogP contribution in [-0.4, -0.2) is 56.8 Å². The van der Waals surface area contributed by atoms with E-state index in [1.54, 1.807) is 0 Å². The minimum Gasteiger partial charge on any atom is -0.379 e. The van der Waals surface area contributed by atoms with E-state index in [0.29, 0.717) is 22.5 Å². The molecule has 0 spiro atoms. The van der Waals surface area contributed by atoms with E-state index in [1.807, 2.05) is 18.2 Å². The maximum atomic E-state index is 6.31. The van der Waals surface area contributed by atoms with Gasteiger partial charge in [-0.1, -0.05) is 43.1 Å². The van der Waals surface area contributed by atoms with Crippen LogP contribution in [0.25, 0.3) is 0 Å². The van der Waals surface area contributed by atoms with E-state index in [1.165, 1.54) is 0 Å². The molecule has 148 valence electrons. The van der Waals surface area contributed by atoms with Gasteiger partial charge in [0.25, 0.3) is 0 Å². The zero-order chi connectivity index (χ0) is 18.3. The third-order valence-electron chi connectivity index (χ3n) is 4.35. The molecule has 1 aliphatic rings. The minimum absolute atomic E-state index is 0. The Labute approximate surface area is 183 Å². The molecule has 0 atom stereocenters. The summed E-state index contributed by atoms with van der Waals surface area (Å²) in [5, 5.41) is 4.49. The normalized spacial score (nSPS) is 16.2. The van der Waals surface area contributed by atoms with Crippen LogP contribution in [-0.2, 0) is 10.2 Å². The average molecular weight is 515 g/mol. The zero-order valence-electron chi connectivity index (χ0n) is 15.4. The summed E-state index contributed by atoms with van der Waals surface area (Å²) in [6.07, 6.45) is 1.02. The molecule has 0 unspecified atom stereocenters. The number of nitrogens with zero attached hydrogens (tertiary/aromatic N) is 2. The summed E-state index contributed by atoms with van der Waals surface area (Å²) in [6, 6.07) is 5.54. The lowest BCUT2D eigenvalue weighted by molar-refractivity contribution is 0.0376. The molecule has 1 heterocycles. The fourth-order valence-corrected chi connectivity index (χ4v) is 3.82. The number of nitrogens with one attached hydrogen (secondary N) is 1. The molecule has 8 heteroatoms. The van der Waals surface area contributed by atoms with Crippen LogP contribution in [0.4, 0.5) is 0 Å². The predicted octanol–water partition coefficient (Wildman–Crippen LogP) is 3.52. The number of guanidine groups is 1. The van der Waals surface area contributed by atoms with Gasteiger partial charge in [-0.25, -0.2) is 0 Å². The number of morpholine rings is 1. The molecular weight excluding hydrogens is 486 g/mol. The van der Waals surface area contributed by atoms with Crippen LogP contribution in [0.3, 0.4) is 0 Å². The molecule has 0 aromatic heterocycles. The van der Waals surface area contributed by atoms with Gasteiger partial charge in [-0.15, -0.1) is 24.0 Å². The summed E-state index contributed by atoms with van der Waals surface area (Å²) in [5.41, 5.74) is 6.60. The molecule has 1 aromatic rings. The first kappa shape index (κ1) is 23.8. The number of rotatable bonds is 7. The average Bonchev–Trinajstić information content (AvgIpc) is 2.57. The minimum atomic E-state index is -0.296. The summed E-state index contributed by atoms with van der Waals surface area (Å²) in [7, 11) is 0. The number of halogens is 3. The smallest absolute Gasteiger partial charge is 0.188 e. The fraction of sp³-hybridized carbons (Fsp3) is 0.611. The van der Waals surface area contributed by atoms with Crippen molar-refractivity contribution in [2.45, 2.75) is 25.7 Å². The number of hydrogen-bond donors (Lipinski definition) is 2. The molecule has 1 fully saturated rings. The molecule has 0 amide bonds. The summed E-state index contributed by atoms with van der Waals surface area (Å²) < 4.78 is 5.35. The van der Waals surface area contributed by atoms with E-state index < -0.39 is 0 Å². The molecule has 3 N–H and O–H groups in total. The molecule has 1 saturated heterocycles. The Hall–Kier alpha value is -0.280. The van der Waals surface area contributed by atoms with Crippen LogP contribution in [0.2, 0.25) is 10.0 Å². The monoisotopic (exact) mass is 514 g/mol. The number of ether oxygens (including phenoxy) is 1. The van der Waals surface area contributed by atoms with Crippen molar-refractivity contribution >= 4 is 53.1 Å². The van der Waals surface area contributed by atoms with Crippen LogP contribution >= 0.6 is 47.2 Å². The van der Waals surface area contributed by atoms with Gasteiger partial charge >= 0.3 is 0 Å². The quantitative estimate of drug-likeness (QED) is 0.253. The largest absolute Gasteiger partial charge is 0.379 e. The van der Waals surface area contributed by atoms with Crippen molar-refractivity contribution in [2.75, 3.05) is 45.9 Å². The predicted molar refractivity (Wildman–Crippen MR) is 121 cm³/mol. The molecule has 1 aromatic carbocycles. The van der Waals surface area contributed by atoms with Gasteiger partial charge in [-0.05, 0) is 30.7 Å². The SMILES string of the molecule is CC(C)(CN=C(N)NCCCN1CCOCC1)c1c(Cl)cccc1Cl.I. The van der Waals surface area contributed by atoms with Crippen molar-refractivity contribution in [1.82, 2.24) is 10.2 Å². The van der Waals surface area contributed by atoms with Crippen molar-refractivity contribution in [3.63, 3.8) is 0 Å². The van der Waals surface area contributed by atoms with E-state index in [0.717, 1.165) is 51.4 Å². The van der Waals surface area contributed by atoms with E-state index >= 15 is 0 Å². The van der Waals surface area contributed by atoms with Crippen molar-refractivity contribution in [3.8, 4) is 0 Å². The Balaban J connectivity index is 0.00000338.